The zero-order valence-corrected chi connectivity index (χ0v) is 8.43. The van der Waals surface area contributed by atoms with Crippen molar-refractivity contribution in [3.8, 4) is 0 Å². The molecule has 0 radical (unpaired) electrons. The Kier molecular flexibility index (Phi) is 5.98. The standard InChI is InChI=1S/C9H19ClO/c1-4-8(3)9(11)5-7(2)6-10/h7-9,11H,4-6H2,1-3H3. The first kappa shape index (κ1) is 11.2. The van der Waals surface area contributed by atoms with Gasteiger partial charge in [-0.2, -0.15) is 0 Å². The van der Waals surface area contributed by atoms with Gasteiger partial charge in [0.25, 0.3) is 0 Å². The molecule has 0 aromatic rings. The first-order valence-corrected chi connectivity index (χ1v) is 4.89. The molecule has 1 N–H and O–H groups in total. The van der Waals surface area contributed by atoms with E-state index in [-0.39, 0.29) is 6.10 Å². The summed E-state index contributed by atoms with van der Waals surface area (Å²) in [4.78, 5) is 0. The average Bonchev–Trinajstić information content (AvgIpc) is 2.02. The van der Waals surface area contributed by atoms with Gasteiger partial charge in [0, 0.05) is 5.88 Å². The molecule has 68 valence electrons. The van der Waals surface area contributed by atoms with Crippen molar-refractivity contribution < 1.29 is 5.11 Å². The zero-order chi connectivity index (χ0) is 8.85. The van der Waals surface area contributed by atoms with Gasteiger partial charge < -0.3 is 5.11 Å². The van der Waals surface area contributed by atoms with E-state index in [0.29, 0.717) is 17.7 Å². The molecule has 0 spiro atoms. The Hall–Kier alpha value is 0.250. The first-order valence-electron chi connectivity index (χ1n) is 4.35. The molecule has 0 fully saturated rings. The largest absolute Gasteiger partial charge is 0.393 e. The highest BCUT2D eigenvalue weighted by Gasteiger charge is 2.14. The maximum Gasteiger partial charge on any atom is 0.0568 e. The van der Waals surface area contributed by atoms with E-state index >= 15 is 0 Å². The molecule has 0 heterocycles. The van der Waals surface area contributed by atoms with Crippen LogP contribution in [0.1, 0.15) is 33.6 Å². The highest BCUT2D eigenvalue weighted by atomic mass is 35.5. The number of hydrogen-bond donors (Lipinski definition) is 1. The summed E-state index contributed by atoms with van der Waals surface area (Å²) in [5.41, 5.74) is 0. The monoisotopic (exact) mass is 178 g/mol. The van der Waals surface area contributed by atoms with Crippen molar-refractivity contribution in [1.82, 2.24) is 0 Å². The Bertz CT molecular complexity index is 95.6. The Balaban J connectivity index is 3.58. The second kappa shape index (κ2) is 5.84. The van der Waals surface area contributed by atoms with Crippen molar-refractivity contribution in [3.05, 3.63) is 0 Å². The van der Waals surface area contributed by atoms with E-state index in [2.05, 4.69) is 20.8 Å². The molecule has 11 heavy (non-hydrogen) atoms. The van der Waals surface area contributed by atoms with Crippen molar-refractivity contribution in [2.75, 3.05) is 5.88 Å². The average molecular weight is 179 g/mol. The van der Waals surface area contributed by atoms with E-state index in [9.17, 15) is 5.11 Å². The van der Waals surface area contributed by atoms with Crippen LogP contribution in [-0.2, 0) is 0 Å². The summed E-state index contributed by atoms with van der Waals surface area (Å²) < 4.78 is 0. The second-order valence-corrected chi connectivity index (χ2v) is 3.76. The van der Waals surface area contributed by atoms with Gasteiger partial charge in [-0.3, -0.25) is 0 Å². The molecule has 0 aliphatic rings. The summed E-state index contributed by atoms with van der Waals surface area (Å²) in [6.45, 7) is 6.24. The van der Waals surface area contributed by atoms with Gasteiger partial charge in [0.2, 0.25) is 0 Å². The topological polar surface area (TPSA) is 20.2 Å². The van der Waals surface area contributed by atoms with Crippen LogP contribution in [-0.4, -0.2) is 17.1 Å². The third kappa shape index (κ3) is 4.65. The molecule has 0 bridgehead atoms. The number of rotatable bonds is 5. The fourth-order valence-electron chi connectivity index (χ4n) is 0.980. The van der Waals surface area contributed by atoms with E-state index < -0.39 is 0 Å². The third-order valence-electron chi connectivity index (χ3n) is 2.21. The summed E-state index contributed by atoms with van der Waals surface area (Å²) in [5.74, 6) is 1.48. The van der Waals surface area contributed by atoms with Crippen molar-refractivity contribution in [3.63, 3.8) is 0 Å². The smallest absolute Gasteiger partial charge is 0.0568 e. The Morgan fingerprint density at radius 1 is 1.36 bits per heavy atom. The van der Waals surface area contributed by atoms with Crippen molar-refractivity contribution in [2.24, 2.45) is 11.8 Å². The summed E-state index contributed by atoms with van der Waals surface area (Å²) >= 11 is 5.63. The van der Waals surface area contributed by atoms with Crippen molar-refractivity contribution >= 4 is 11.6 Å². The first-order chi connectivity index (χ1) is 5.11. The molecule has 0 saturated heterocycles. The van der Waals surface area contributed by atoms with Gasteiger partial charge in [-0.25, -0.2) is 0 Å². The fraction of sp³-hybridized carbons (Fsp3) is 1.00. The lowest BCUT2D eigenvalue weighted by Gasteiger charge is -2.19. The number of halogens is 1. The minimum atomic E-state index is -0.172. The molecular weight excluding hydrogens is 160 g/mol. The lowest BCUT2D eigenvalue weighted by atomic mass is 9.94. The van der Waals surface area contributed by atoms with Gasteiger partial charge in [-0.05, 0) is 18.3 Å². The van der Waals surface area contributed by atoms with Gasteiger partial charge in [0.15, 0.2) is 0 Å². The molecule has 3 unspecified atom stereocenters. The number of aliphatic hydroxyl groups is 1. The molecule has 3 atom stereocenters. The summed E-state index contributed by atoms with van der Waals surface area (Å²) in [6, 6.07) is 0. The van der Waals surface area contributed by atoms with Gasteiger partial charge in [0.1, 0.15) is 0 Å². The van der Waals surface area contributed by atoms with Gasteiger partial charge in [-0.15, -0.1) is 11.6 Å². The molecule has 2 heteroatoms. The summed E-state index contributed by atoms with van der Waals surface area (Å²) in [7, 11) is 0. The van der Waals surface area contributed by atoms with Crippen molar-refractivity contribution in [1.29, 1.82) is 0 Å². The van der Waals surface area contributed by atoms with E-state index in [0.717, 1.165) is 12.8 Å². The summed E-state index contributed by atoms with van der Waals surface area (Å²) in [6.07, 6.45) is 1.70. The highest BCUT2D eigenvalue weighted by molar-refractivity contribution is 6.18. The van der Waals surface area contributed by atoms with Crippen LogP contribution < -0.4 is 0 Å². The molecule has 0 aliphatic carbocycles. The molecule has 0 aromatic carbocycles. The predicted molar refractivity (Wildman–Crippen MR) is 50.0 cm³/mol. The Morgan fingerprint density at radius 2 is 1.91 bits per heavy atom. The van der Waals surface area contributed by atoms with Gasteiger partial charge >= 0.3 is 0 Å². The molecule has 0 aliphatic heterocycles. The van der Waals surface area contributed by atoms with Gasteiger partial charge in [-0.1, -0.05) is 27.2 Å². The molecule has 0 amide bonds. The predicted octanol–water partition coefficient (Wildman–Crippen LogP) is 2.66. The maximum absolute atomic E-state index is 9.56. The summed E-state index contributed by atoms with van der Waals surface area (Å²) in [5, 5.41) is 9.56. The van der Waals surface area contributed by atoms with Crippen LogP contribution in [0.2, 0.25) is 0 Å². The number of hydrogen-bond acceptors (Lipinski definition) is 1. The molecule has 0 saturated carbocycles. The molecular formula is C9H19ClO. The zero-order valence-electron chi connectivity index (χ0n) is 7.68. The Labute approximate surface area is 74.8 Å². The van der Waals surface area contributed by atoms with Crippen LogP contribution in [0, 0.1) is 11.8 Å². The van der Waals surface area contributed by atoms with E-state index in [4.69, 9.17) is 11.6 Å². The molecule has 0 aromatic heterocycles. The van der Waals surface area contributed by atoms with Crippen LogP contribution in [0.4, 0.5) is 0 Å². The lowest BCUT2D eigenvalue weighted by molar-refractivity contribution is 0.0932. The van der Waals surface area contributed by atoms with E-state index in [1.54, 1.807) is 0 Å². The minimum Gasteiger partial charge on any atom is -0.393 e. The Morgan fingerprint density at radius 3 is 2.27 bits per heavy atom. The van der Waals surface area contributed by atoms with E-state index in [1.165, 1.54) is 0 Å². The highest BCUT2D eigenvalue weighted by Crippen LogP contribution is 2.16. The number of aliphatic hydroxyl groups excluding tert-OH is 1. The SMILES string of the molecule is CCC(C)C(O)CC(C)CCl. The lowest BCUT2D eigenvalue weighted by Crippen LogP contribution is -2.20. The van der Waals surface area contributed by atoms with Crippen molar-refractivity contribution in [2.45, 2.75) is 39.7 Å². The van der Waals surface area contributed by atoms with E-state index in [1.807, 2.05) is 0 Å². The number of alkyl halides is 1. The van der Waals surface area contributed by atoms with Crippen LogP contribution in [0.3, 0.4) is 0 Å². The molecule has 1 nitrogen and oxygen atoms in total. The fourth-order valence-corrected chi connectivity index (χ4v) is 1.11. The molecule has 0 rings (SSSR count). The van der Waals surface area contributed by atoms with Gasteiger partial charge in [0.05, 0.1) is 6.10 Å². The van der Waals surface area contributed by atoms with Crippen LogP contribution in [0.25, 0.3) is 0 Å². The van der Waals surface area contributed by atoms with Crippen LogP contribution in [0.15, 0.2) is 0 Å². The quantitative estimate of drug-likeness (QED) is 0.642. The third-order valence-corrected chi connectivity index (χ3v) is 2.73. The van der Waals surface area contributed by atoms with Crippen LogP contribution >= 0.6 is 11.6 Å². The second-order valence-electron chi connectivity index (χ2n) is 3.45. The maximum atomic E-state index is 9.56. The minimum absolute atomic E-state index is 0.172. The normalized spacial score (nSPS) is 19.4. The van der Waals surface area contributed by atoms with Crippen LogP contribution in [0.5, 0.6) is 0 Å².